The Bertz CT molecular complexity index is 1690. The highest BCUT2D eigenvalue weighted by Gasteiger charge is 2.17. The topological polar surface area (TPSA) is 106 Å². The maximum absolute atomic E-state index is 14.9. The van der Waals surface area contributed by atoms with Crippen LogP contribution in [0.1, 0.15) is 0 Å². The van der Waals surface area contributed by atoms with Crippen LogP contribution in [0.5, 0.6) is 11.5 Å². The molecule has 3 aromatic heterocycles. The number of halogens is 4. The van der Waals surface area contributed by atoms with Gasteiger partial charge in [-0.05, 0) is 18.2 Å². The highest BCUT2D eigenvalue weighted by Crippen LogP contribution is 2.35. The van der Waals surface area contributed by atoms with E-state index in [1.165, 1.54) is 55.0 Å². The molecule has 5 rings (SSSR count). The van der Waals surface area contributed by atoms with Crippen molar-refractivity contribution in [1.29, 1.82) is 0 Å². The van der Waals surface area contributed by atoms with E-state index in [9.17, 15) is 13.6 Å². The van der Waals surface area contributed by atoms with Gasteiger partial charge in [0.25, 0.3) is 0 Å². The molecule has 180 valence electrons. The van der Waals surface area contributed by atoms with E-state index < -0.39 is 17.1 Å². The quantitative estimate of drug-likeness (QED) is 0.236. The molecule has 7 nitrogen and oxygen atoms in total. The van der Waals surface area contributed by atoms with Crippen LogP contribution in [0.2, 0.25) is 10.0 Å². The molecule has 0 amide bonds. The molecule has 0 aliphatic heterocycles. The largest absolute Gasteiger partial charge is 0.453 e. The van der Waals surface area contributed by atoms with Crippen LogP contribution in [0.15, 0.2) is 71.9 Å². The van der Waals surface area contributed by atoms with Gasteiger partial charge in [-0.25, -0.2) is 18.7 Å². The van der Waals surface area contributed by atoms with Crippen molar-refractivity contribution in [2.75, 3.05) is 11.1 Å². The number of nitrogens with zero attached hydrogens (tertiary/aromatic N) is 2. The summed E-state index contributed by atoms with van der Waals surface area (Å²) in [7, 11) is 0. The van der Waals surface area contributed by atoms with Gasteiger partial charge in [-0.1, -0.05) is 41.4 Å². The van der Waals surface area contributed by atoms with Crippen molar-refractivity contribution < 1.29 is 13.5 Å². The first-order valence-corrected chi connectivity index (χ1v) is 11.2. The van der Waals surface area contributed by atoms with Gasteiger partial charge in [0, 0.05) is 41.3 Å². The molecule has 5 aromatic rings. The van der Waals surface area contributed by atoms with Gasteiger partial charge in [-0.15, -0.1) is 0 Å². The molecule has 0 aliphatic carbocycles. The predicted molar refractivity (Wildman–Crippen MR) is 136 cm³/mol. The maximum Gasteiger partial charge on any atom is 0.201 e. The number of rotatable bonds is 5. The van der Waals surface area contributed by atoms with Gasteiger partial charge in [0.2, 0.25) is 5.43 Å². The first-order valence-electron chi connectivity index (χ1n) is 10.4. The summed E-state index contributed by atoms with van der Waals surface area (Å²) in [4.78, 5) is 24.4. The molecule has 0 atom stereocenters. The number of aromatic amines is 1. The lowest BCUT2D eigenvalue weighted by molar-refractivity contribution is 0.442. The fourth-order valence-corrected chi connectivity index (χ4v) is 3.95. The number of ether oxygens (including phenoxy) is 1. The smallest absolute Gasteiger partial charge is 0.201 e. The summed E-state index contributed by atoms with van der Waals surface area (Å²) >= 11 is 12.3. The van der Waals surface area contributed by atoms with Crippen molar-refractivity contribution in [3.63, 3.8) is 0 Å². The third-order valence-electron chi connectivity index (χ3n) is 5.32. The van der Waals surface area contributed by atoms with Gasteiger partial charge in [0.05, 0.1) is 22.1 Å². The summed E-state index contributed by atoms with van der Waals surface area (Å²) in [6.07, 6.45) is 4.12. The number of H-pyrrole nitrogens is 1. The van der Waals surface area contributed by atoms with Crippen molar-refractivity contribution >= 4 is 51.4 Å². The molecule has 4 N–H and O–H groups in total. The third kappa shape index (κ3) is 4.30. The van der Waals surface area contributed by atoms with Crippen LogP contribution in [0.4, 0.5) is 26.1 Å². The molecule has 0 aliphatic rings. The Labute approximate surface area is 212 Å². The number of nitrogens with two attached hydrogens (primary N) is 1. The number of hydrogen-bond acceptors (Lipinski definition) is 6. The number of benzene rings is 2. The Morgan fingerprint density at radius 3 is 2.56 bits per heavy atom. The van der Waals surface area contributed by atoms with E-state index in [0.29, 0.717) is 5.52 Å². The summed E-state index contributed by atoms with van der Waals surface area (Å²) in [6.45, 7) is 0. The van der Waals surface area contributed by atoms with E-state index in [2.05, 4.69) is 20.3 Å². The molecule has 0 spiro atoms. The van der Waals surface area contributed by atoms with Crippen molar-refractivity contribution in [1.82, 2.24) is 15.0 Å². The van der Waals surface area contributed by atoms with Crippen molar-refractivity contribution in [2.24, 2.45) is 0 Å². The van der Waals surface area contributed by atoms with Crippen molar-refractivity contribution in [3.05, 3.63) is 99.0 Å². The summed E-state index contributed by atoms with van der Waals surface area (Å²) in [5.74, 6) is -1.09. The molecular formula is C25H15Cl2F2N5O2. The maximum atomic E-state index is 14.9. The zero-order valence-corrected chi connectivity index (χ0v) is 19.7. The SMILES string of the molecule is Nc1nccc(Oc2ccc(Nc3ncc(Cl)c4[nH]cc(-c5ccccc5F)c(=O)c34)cc2F)c1Cl. The normalized spacial score (nSPS) is 11.0. The lowest BCUT2D eigenvalue weighted by atomic mass is 10.0. The number of nitrogen functional groups attached to an aromatic ring is 1. The minimum absolute atomic E-state index is 0.0496. The summed E-state index contributed by atoms with van der Waals surface area (Å²) in [5, 5.41) is 3.26. The number of anilines is 3. The van der Waals surface area contributed by atoms with Crippen LogP contribution >= 0.6 is 23.2 Å². The second-order valence-electron chi connectivity index (χ2n) is 7.60. The molecule has 0 saturated carbocycles. The van der Waals surface area contributed by atoms with E-state index in [0.717, 1.165) is 6.07 Å². The first kappa shape index (κ1) is 23.5. The standard InChI is InChI=1S/C25H15Cl2F2N5O2/c26-15-11-33-25(20-22(15)32-10-14(23(20)35)13-3-1-2-4-16(13)28)34-12-5-6-18(17(29)9-12)36-19-7-8-31-24(30)21(19)27/h1-11H,(H2,30,31)(H,32,35)(H,33,34). The minimum Gasteiger partial charge on any atom is -0.453 e. The van der Waals surface area contributed by atoms with E-state index in [1.54, 1.807) is 6.07 Å². The number of hydrogen-bond donors (Lipinski definition) is 3. The molecule has 36 heavy (non-hydrogen) atoms. The number of aromatic nitrogens is 3. The number of fused-ring (bicyclic) bond motifs is 1. The molecule has 3 heterocycles. The molecule has 0 bridgehead atoms. The molecule has 0 unspecified atom stereocenters. The van der Waals surface area contributed by atoms with Crippen LogP contribution in [0.25, 0.3) is 22.0 Å². The van der Waals surface area contributed by atoms with Gasteiger partial charge in [-0.2, -0.15) is 0 Å². The minimum atomic E-state index is -0.717. The zero-order chi connectivity index (χ0) is 25.4. The lowest BCUT2D eigenvalue weighted by Gasteiger charge is -2.13. The Hall–Kier alpha value is -4.21. The van der Waals surface area contributed by atoms with Crippen LogP contribution in [0, 0.1) is 11.6 Å². The molecule has 0 saturated heterocycles. The Morgan fingerprint density at radius 2 is 1.78 bits per heavy atom. The summed E-state index contributed by atoms with van der Waals surface area (Å²) in [6, 6.07) is 11.4. The third-order valence-corrected chi connectivity index (χ3v) is 5.99. The van der Waals surface area contributed by atoms with E-state index in [1.807, 2.05) is 0 Å². The molecule has 2 aromatic carbocycles. The van der Waals surface area contributed by atoms with Gasteiger partial charge < -0.3 is 20.8 Å². The van der Waals surface area contributed by atoms with E-state index in [4.69, 9.17) is 33.7 Å². The first-order chi connectivity index (χ1) is 17.3. The molecule has 0 radical (unpaired) electrons. The van der Waals surface area contributed by atoms with Crippen molar-refractivity contribution in [2.45, 2.75) is 0 Å². The Morgan fingerprint density at radius 1 is 0.972 bits per heavy atom. The average Bonchev–Trinajstić information content (AvgIpc) is 2.86. The molecule has 11 heteroatoms. The van der Waals surface area contributed by atoms with E-state index >= 15 is 0 Å². The van der Waals surface area contributed by atoms with Gasteiger partial charge >= 0.3 is 0 Å². The monoisotopic (exact) mass is 525 g/mol. The number of pyridine rings is 3. The lowest BCUT2D eigenvalue weighted by Crippen LogP contribution is -2.11. The average molecular weight is 526 g/mol. The Balaban J connectivity index is 1.53. The molecular weight excluding hydrogens is 511 g/mol. The van der Waals surface area contributed by atoms with Crippen LogP contribution in [0.3, 0.4) is 0 Å². The van der Waals surface area contributed by atoms with Crippen LogP contribution in [-0.2, 0) is 0 Å². The van der Waals surface area contributed by atoms with Crippen LogP contribution < -0.4 is 21.2 Å². The molecule has 0 fully saturated rings. The van der Waals surface area contributed by atoms with Crippen LogP contribution in [-0.4, -0.2) is 15.0 Å². The van der Waals surface area contributed by atoms with Gasteiger partial charge in [0.15, 0.2) is 17.3 Å². The highest BCUT2D eigenvalue weighted by atomic mass is 35.5. The predicted octanol–water partition coefficient (Wildman–Crippen LogP) is 6.69. The van der Waals surface area contributed by atoms with Gasteiger partial charge in [-0.3, -0.25) is 4.79 Å². The fourth-order valence-electron chi connectivity index (χ4n) is 3.61. The summed E-state index contributed by atoms with van der Waals surface area (Å²) in [5.41, 5.74) is 5.93. The second-order valence-corrected chi connectivity index (χ2v) is 8.38. The fraction of sp³-hybridized carbons (Fsp3) is 0. The van der Waals surface area contributed by atoms with Gasteiger partial charge in [0.1, 0.15) is 22.5 Å². The van der Waals surface area contributed by atoms with Crippen molar-refractivity contribution in [3.8, 4) is 22.6 Å². The Kier molecular flexibility index (Phi) is 6.17. The number of nitrogens with one attached hydrogen (secondary N) is 2. The second kappa shape index (κ2) is 9.44. The summed E-state index contributed by atoms with van der Waals surface area (Å²) < 4.78 is 34.8. The zero-order valence-electron chi connectivity index (χ0n) is 18.2. The highest BCUT2D eigenvalue weighted by molar-refractivity contribution is 6.35. The van der Waals surface area contributed by atoms with E-state index in [-0.39, 0.29) is 55.4 Å².